The van der Waals surface area contributed by atoms with Crippen LogP contribution in [0.5, 0.6) is 0 Å². The van der Waals surface area contributed by atoms with Crippen LogP contribution in [0.15, 0.2) is 24.3 Å². The normalized spacial score (nSPS) is 12.8. The molecule has 0 aliphatic carbocycles. The largest absolute Gasteiger partial charge is 0.393 e. The van der Waals surface area contributed by atoms with Gasteiger partial charge in [0.2, 0.25) is 5.91 Å². The van der Waals surface area contributed by atoms with Crippen molar-refractivity contribution in [2.45, 2.75) is 6.17 Å². The summed E-state index contributed by atoms with van der Waals surface area (Å²) in [6.07, 6.45) is -1.97. The average molecular weight is 214 g/mol. The fourth-order valence-corrected chi connectivity index (χ4v) is 1.23. The van der Waals surface area contributed by atoms with Crippen molar-refractivity contribution in [3.8, 4) is 0 Å². The van der Waals surface area contributed by atoms with Crippen LogP contribution in [0.1, 0.15) is 5.56 Å². The van der Waals surface area contributed by atoms with E-state index in [1.54, 1.807) is 0 Å². The molecule has 1 aromatic carbocycles. The number of nitrogens with two attached hydrogens (primary N) is 1. The van der Waals surface area contributed by atoms with Crippen molar-refractivity contribution in [2.24, 2.45) is 5.73 Å². The summed E-state index contributed by atoms with van der Waals surface area (Å²) in [7, 11) is 0. The quantitative estimate of drug-likeness (QED) is 0.769. The first kappa shape index (κ1) is 11.6. The molecule has 3 N–H and O–H groups in total. The molecule has 3 nitrogen and oxygen atoms in total. The van der Waals surface area contributed by atoms with Gasteiger partial charge in [-0.1, -0.05) is 18.2 Å². The maximum Gasteiger partial charge on any atom is 0.232 e. The van der Waals surface area contributed by atoms with E-state index in [4.69, 9.17) is 10.8 Å². The molecular formula is C10H10F2NO2. The number of carbonyl (C=O) groups excluding carboxylic acids is 1. The van der Waals surface area contributed by atoms with E-state index in [0.29, 0.717) is 0 Å². The van der Waals surface area contributed by atoms with E-state index in [-0.39, 0.29) is 5.56 Å². The van der Waals surface area contributed by atoms with E-state index in [2.05, 4.69) is 0 Å². The minimum Gasteiger partial charge on any atom is -0.393 e. The monoisotopic (exact) mass is 214 g/mol. The third kappa shape index (κ3) is 2.50. The Hall–Kier alpha value is -1.49. The van der Waals surface area contributed by atoms with Crippen molar-refractivity contribution >= 4 is 5.91 Å². The van der Waals surface area contributed by atoms with Crippen molar-refractivity contribution < 1.29 is 18.7 Å². The summed E-state index contributed by atoms with van der Waals surface area (Å²) in [6.45, 7) is -0.910. The van der Waals surface area contributed by atoms with Crippen LogP contribution in [-0.4, -0.2) is 23.8 Å². The lowest BCUT2D eigenvalue weighted by Crippen LogP contribution is -2.32. The first-order valence-electron chi connectivity index (χ1n) is 4.24. The minimum atomic E-state index is -1.97. The van der Waals surface area contributed by atoms with Crippen molar-refractivity contribution in [2.75, 3.05) is 6.61 Å². The number of rotatable bonds is 4. The number of aliphatic hydroxyl groups excluding tert-OH is 1. The lowest BCUT2D eigenvalue weighted by Gasteiger charge is -2.15. The van der Waals surface area contributed by atoms with E-state index in [1.165, 1.54) is 18.2 Å². The van der Waals surface area contributed by atoms with Gasteiger partial charge in [0, 0.05) is 5.56 Å². The van der Waals surface area contributed by atoms with Gasteiger partial charge in [-0.15, -0.1) is 0 Å². The van der Waals surface area contributed by atoms with Gasteiger partial charge in [0.1, 0.15) is 17.9 Å². The highest BCUT2D eigenvalue weighted by Gasteiger charge is 2.30. The van der Waals surface area contributed by atoms with Crippen LogP contribution in [0.3, 0.4) is 0 Å². The molecule has 0 saturated carbocycles. The molecule has 5 heteroatoms. The lowest BCUT2D eigenvalue weighted by molar-refractivity contribution is -0.117. The smallest absolute Gasteiger partial charge is 0.232 e. The van der Waals surface area contributed by atoms with Crippen LogP contribution in [0.2, 0.25) is 0 Å². The van der Waals surface area contributed by atoms with E-state index in [9.17, 15) is 13.6 Å². The highest BCUT2D eigenvalue weighted by atomic mass is 19.1. The highest BCUT2D eigenvalue weighted by Crippen LogP contribution is 2.23. The number of benzene rings is 1. The molecule has 1 atom stereocenters. The molecule has 0 aliphatic heterocycles. The first-order chi connectivity index (χ1) is 7.07. The first-order valence-corrected chi connectivity index (χ1v) is 4.24. The number of hydrogen-bond donors (Lipinski definition) is 2. The number of primary amides is 1. The molecule has 0 heterocycles. The molecule has 1 aromatic rings. The van der Waals surface area contributed by atoms with Crippen LogP contribution >= 0.6 is 0 Å². The Kier molecular flexibility index (Phi) is 3.74. The summed E-state index contributed by atoms with van der Waals surface area (Å²) in [5.41, 5.74) is 4.70. The standard InChI is InChI=1S/C10H10F2NO2/c11-7-4-2-1-3-6(7)9(10(13)15)8(12)5-14/h1-4,8,14H,5H2,(H2,13,15)/t8-/m0/s1. The Morgan fingerprint density at radius 2 is 2.07 bits per heavy atom. The van der Waals surface area contributed by atoms with E-state index < -0.39 is 30.4 Å². The molecule has 1 radical (unpaired) electrons. The zero-order chi connectivity index (χ0) is 11.4. The molecule has 15 heavy (non-hydrogen) atoms. The summed E-state index contributed by atoms with van der Waals surface area (Å²) >= 11 is 0. The van der Waals surface area contributed by atoms with E-state index >= 15 is 0 Å². The Bertz CT molecular complexity index is 357. The molecule has 0 fully saturated rings. The van der Waals surface area contributed by atoms with Gasteiger partial charge in [-0.3, -0.25) is 4.79 Å². The summed E-state index contributed by atoms with van der Waals surface area (Å²) in [4.78, 5) is 10.9. The summed E-state index contributed by atoms with van der Waals surface area (Å²) in [6, 6.07) is 5.18. The molecule has 0 saturated heterocycles. The van der Waals surface area contributed by atoms with Crippen LogP contribution in [-0.2, 0) is 4.79 Å². The van der Waals surface area contributed by atoms with Gasteiger partial charge in [-0.2, -0.15) is 0 Å². The van der Waals surface area contributed by atoms with Crippen LogP contribution < -0.4 is 5.73 Å². The third-order valence-corrected chi connectivity index (χ3v) is 1.90. The van der Waals surface area contributed by atoms with Gasteiger partial charge >= 0.3 is 0 Å². The zero-order valence-electron chi connectivity index (χ0n) is 7.78. The molecule has 0 aromatic heterocycles. The molecule has 1 amide bonds. The summed E-state index contributed by atoms with van der Waals surface area (Å²) < 4.78 is 26.4. The molecule has 81 valence electrons. The lowest BCUT2D eigenvalue weighted by atomic mass is 9.93. The SMILES string of the molecule is NC(=O)[C](c1ccccc1F)[C@@H](F)CO. The number of aliphatic hydroxyl groups is 1. The number of alkyl halides is 1. The van der Waals surface area contributed by atoms with Crippen molar-refractivity contribution in [3.63, 3.8) is 0 Å². The van der Waals surface area contributed by atoms with Crippen LogP contribution in [0.4, 0.5) is 8.78 Å². The highest BCUT2D eigenvalue weighted by molar-refractivity contribution is 5.93. The molecule has 0 spiro atoms. The predicted octanol–water partition coefficient (Wildman–Crippen LogP) is 0.564. The Morgan fingerprint density at radius 3 is 2.53 bits per heavy atom. The predicted molar refractivity (Wildman–Crippen MR) is 49.9 cm³/mol. The molecule has 0 bridgehead atoms. The Morgan fingerprint density at radius 1 is 1.47 bits per heavy atom. The van der Waals surface area contributed by atoms with E-state index in [1.807, 2.05) is 0 Å². The van der Waals surface area contributed by atoms with Gasteiger partial charge in [0.15, 0.2) is 0 Å². The second kappa shape index (κ2) is 4.84. The minimum absolute atomic E-state index is 0.216. The van der Waals surface area contributed by atoms with Crippen molar-refractivity contribution in [1.29, 1.82) is 0 Å². The van der Waals surface area contributed by atoms with Crippen LogP contribution in [0, 0.1) is 11.7 Å². The van der Waals surface area contributed by atoms with Crippen molar-refractivity contribution in [1.82, 2.24) is 0 Å². The van der Waals surface area contributed by atoms with Gasteiger partial charge in [0.25, 0.3) is 0 Å². The maximum absolute atomic E-state index is 13.2. The summed E-state index contributed by atoms with van der Waals surface area (Å²) in [5, 5.41) is 8.58. The number of amides is 1. The molecular weight excluding hydrogens is 204 g/mol. The Balaban J connectivity index is 3.10. The fourth-order valence-electron chi connectivity index (χ4n) is 1.23. The topological polar surface area (TPSA) is 63.3 Å². The van der Waals surface area contributed by atoms with Gasteiger partial charge < -0.3 is 10.8 Å². The second-order valence-corrected chi connectivity index (χ2v) is 2.91. The van der Waals surface area contributed by atoms with Gasteiger partial charge in [-0.25, -0.2) is 8.78 Å². The van der Waals surface area contributed by atoms with Crippen molar-refractivity contribution in [3.05, 3.63) is 41.6 Å². The molecule has 0 unspecified atom stereocenters. The van der Waals surface area contributed by atoms with Gasteiger partial charge in [-0.05, 0) is 6.07 Å². The average Bonchev–Trinajstić information content (AvgIpc) is 2.20. The van der Waals surface area contributed by atoms with E-state index in [0.717, 1.165) is 6.07 Å². The summed E-state index contributed by atoms with van der Waals surface area (Å²) in [5.74, 6) is -2.38. The Labute approximate surface area is 85.5 Å². The van der Waals surface area contributed by atoms with Crippen LogP contribution in [0.25, 0.3) is 0 Å². The number of halogens is 2. The molecule has 1 rings (SSSR count). The van der Waals surface area contributed by atoms with Gasteiger partial charge in [0.05, 0.1) is 6.61 Å². The third-order valence-electron chi connectivity index (χ3n) is 1.90. The number of carbonyl (C=O) groups is 1. The maximum atomic E-state index is 13.2. The second-order valence-electron chi connectivity index (χ2n) is 2.91. The number of hydrogen-bond acceptors (Lipinski definition) is 2. The fraction of sp³-hybridized carbons (Fsp3) is 0.200. The zero-order valence-corrected chi connectivity index (χ0v) is 7.78. The molecule has 0 aliphatic rings.